The third-order valence-corrected chi connectivity index (χ3v) is 2.29. The van der Waals surface area contributed by atoms with Gasteiger partial charge in [0.05, 0.1) is 0 Å². The Bertz CT molecular complexity index is 409. The number of halogens is 3. The van der Waals surface area contributed by atoms with E-state index in [-0.39, 0.29) is 11.8 Å². The standard InChI is InChI=1S/C12H13F3N2O/c1-2-3-4-11(17-16)9-5-7-10(8-6-9)18-12(13,14)15/h1,5-8,11,17H,3-4,16H2. The molecular weight excluding hydrogens is 245 g/mol. The highest BCUT2D eigenvalue weighted by Crippen LogP contribution is 2.25. The molecule has 0 aliphatic heterocycles. The van der Waals surface area contributed by atoms with Crippen LogP contribution in [-0.4, -0.2) is 6.36 Å². The van der Waals surface area contributed by atoms with Gasteiger partial charge in [0.2, 0.25) is 0 Å². The summed E-state index contributed by atoms with van der Waals surface area (Å²) < 4.78 is 39.6. The summed E-state index contributed by atoms with van der Waals surface area (Å²) in [6, 6.07) is 5.32. The van der Waals surface area contributed by atoms with Crippen LogP contribution in [0.4, 0.5) is 13.2 Å². The van der Waals surface area contributed by atoms with Gasteiger partial charge in [-0.15, -0.1) is 25.5 Å². The van der Waals surface area contributed by atoms with Crippen LogP contribution in [0.3, 0.4) is 0 Å². The molecule has 0 spiro atoms. The van der Waals surface area contributed by atoms with Gasteiger partial charge in [-0.3, -0.25) is 11.3 Å². The fraction of sp³-hybridized carbons (Fsp3) is 0.333. The Balaban J connectivity index is 2.72. The van der Waals surface area contributed by atoms with Crippen LogP contribution in [0, 0.1) is 12.3 Å². The minimum atomic E-state index is -4.68. The van der Waals surface area contributed by atoms with Gasteiger partial charge in [0.15, 0.2) is 0 Å². The molecule has 3 N–H and O–H groups in total. The van der Waals surface area contributed by atoms with E-state index in [1.54, 1.807) is 0 Å². The molecule has 0 aliphatic rings. The maximum absolute atomic E-state index is 12.0. The molecule has 0 heterocycles. The number of terminal acetylenes is 1. The van der Waals surface area contributed by atoms with E-state index in [2.05, 4.69) is 16.1 Å². The first-order chi connectivity index (χ1) is 8.46. The first-order valence-electron chi connectivity index (χ1n) is 5.21. The summed E-state index contributed by atoms with van der Waals surface area (Å²) in [5.74, 6) is 7.57. The average molecular weight is 258 g/mol. The number of hydrazine groups is 1. The maximum atomic E-state index is 12.0. The van der Waals surface area contributed by atoms with Crippen molar-refractivity contribution in [1.29, 1.82) is 0 Å². The van der Waals surface area contributed by atoms with Gasteiger partial charge in [-0.2, -0.15) is 0 Å². The number of ether oxygens (including phenoxy) is 1. The highest BCUT2D eigenvalue weighted by atomic mass is 19.4. The molecular formula is C12H13F3N2O. The Morgan fingerprint density at radius 3 is 2.39 bits per heavy atom. The third-order valence-electron chi connectivity index (χ3n) is 2.29. The molecule has 6 heteroatoms. The quantitative estimate of drug-likeness (QED) is 0.484. The summed E-state index contributed by atoms with van der Waals surface area (Å²) >= 11 is 0. The van der Waals surface area contributed by atoms with Gasteiger partial charge in [-0.25, -0.2) is 0 Å². The van der Waals surface area contributed by atoms with Gasteiger partial charge in [0.25, 0.3) is 0 Å². The third kappa shape index (κ3) is 4.65. The fourth-order valence-electron chi connectivity index (χ4n) is 1.48. The summed E-state index contributed by atoms with van der Waals surface area (Å²) in [4.78, 5) is 0. The molecule has 0 aromatic heterocycles. The summed E-state index contributed by atoms with van der Waals surface area (Å²) in [5, 5.41) is 0. The molecule has 0 aliphatic carbocycles. The Morgan fingerprint density at radius 1 is 1.33 bits per heavy atom. The molecule has 3 nitrogen and oxygen atoms in total. The minimum absolute atomic E-state index is 0.194. The molecule has 0 saturated carbocycles. The molecule has 0 bridgehead atoms. The second-order valence-electron chi connectivity index (χ2n) is 3.58. The van der Waals surface area contributed by atoms with Gasteiger partial charge >= 0.3 is 6.36 Å². The van der Waals surface area contributed by atoms with Crippen molar-refractivity contribution in [2.75, 3.05) is 0 Å². The smallest absolute Gasteiger partial charge is 0.406 e. The van der Waals surface area contributed by atoms with E-state index in [9.17, 15) is 13.2 Å². The molecule has 1 unspecified atom stereocenters. The van der Waals surface area contributed by atoms with Crippen LogP contribution in [0.25, 0.3) is 0 Å². The lowest BCUT2D eigenvalue weighted by Gasteiger charge is -2.16. The van der Waals surface area contributed by atoms with E-state index in [0.717, 1.165) is 5.56 Å². The van der Waals surface area contributed by atoms with Crippen molar-refractivity contribution in [3.8, 4) is 18.1 Å². The van der Waals surface area contributed by atoms with E-state index < -0.39 is 6.36 Å². The molecule has 1 atom stereocenters. The fourth-order valence-corrected chi connectivity index (χ4v) is 1.48. The van der Waals surface area contributed by atoms with Crippen molar-refractivity contribution < 1.29 is 17.9 Å². The normalized spacial score (nSPS) is 12.8. The molecule has 1 aromatic rings. The van der Waals surface area contributed by atoms with Crippen LogP contribution in [0.1, 0.15) is 24.4 Å². The van der Waals surface area contributed by atoms with Crippen LogP contribution in [0.15, 0.2) is 24.3 Å². The van der Waals surface area contributed by atoms with Crippen molar-refractivity contribution in [3.05, 3.63) is 29.8 Å². The Morgan fingerprint density at radius 2 is 1.94 bits per heavy atom. The number of alkyl halides is 3. The van der Waals surface area contributed by atoms with Crippen LogP contribution >= 0.6 is 0 Å². The summed E-state index contributed by atoms with van der Waals surface area (Å²) in [6.45, 7) is 0. The van der Waals surface area contributed by atoms with E-state index in [0.29, 0.717) is 12.8 Å². The molecule has 0 amide bonds. The van der Waals surface area contributed by atoms with Crippen molar-refractivity contribution >= 4 is 0 Å². The number of benzene rings is 1. The molecule has 18 heavy (non-hydrogen) atoms. The summed E-state index contributed by atoms with van der Waals surface area (Å²) in [7, 11) is 0. The topological polar surface area (TPSA) is 47.3 Å². The average Bonchev–Trinajstić information content (AvgIpc) is 2.30. The zero-order valence-corrected chi connectivity index (χ0v) is 9.50. The number of hydrogen-bond donors (Lipinski definition) is 2. The highest BCUT2D eigenvalue weighted by molar-refractivity contribution is 5.29. The van der Waals surface area contributed by atoms with Crippen LogP contribution in [0.2, 0.25) is 0 Å². The van der Waals surface area contributed by atoms with E-state index >= 15 is 0 Å². The molecule has 0 saturated heterocycles. The lowest BCUT2D eigenvalue weighted by molar-refractivity contribution is -0.274. The van der Waals surface area contributed by atoms with E-state index in [4.69, 9.17) is 12.3 Å². The van der Waals surface area contributed by atoms with Crippen LogP contribution in [0.5, 0.6) is 5.75 Å². The molecule has 98 valence electrons. The molecule has 1 rings (SSSR count). The first-order valence-corrected chi connectivity index (χ1v) is 5.21. The van der Waals surface area contributed by atoms with Gasteiger partial charge in [0.1, 0.15) is 5.75 Å². The molecule has 0 fully saturated rings. The van der Waals surface area contributed by atoms with Crippen molar-refractivity contribution in [2.45, 2.75) is 25.2 Å². The van der Waals surface area contributed by atoms with Crippen LogP contribution in [-0.2, 0) is 0 Å². The Hall–Kier alpha value is -1.71. The molecule has 0 radical (unpaired) electrons. The van der Waals surface area contributed by atoms with Gasteiger partial charge in [-0.1, -0.05) is 12.1 Å². The number of nitrogens with one attached hydrogen (secondary N) is 1. The Kier molecular flexibility index (Phi) is 5.01. The lowest BCUT2D eigenvalue weighted by atomic mass is 10.0. The van der Waals surface area contributed by atoms with Crippen molar-refractivity contribution in [2.24, 2.45) is 5.84 Å². The minimum Gasteiger partial charge on any atom is -0.406 e. The maximum Gasteiger partial charge on any atom is 0.573 e. The second kappa shape index (κ2) is 6.28. The van der Waals surface area contributed by atoms with E-state index in [1.165, 1.54) is 24.3 Å². The Labute approximate surface area is 103 Å². The van der Waals surface area contributed by atoms with Gasteiger partial charge < -0.3 is 4.74 Å². The largest absolute Gasteiger partial charge is 0.573 e. The first kappa shape index (κ1) is 14.4. The lowest BCUT2D eigenvalue weighted by Crippen LogP contribution is -2.27. The second-order valence-corrected chi connectivity index (χ2v) is 3.58. The number of rotatable bonds is 5. The monoisotopic (exact) mass is 258 g/mol. The zero-order chi connectivity index (χ0) is 13.6. The summed E-state index contributed by atoms with van der Waals surface area (Å²) in [5.41, 5.74) is 3.31. The van der Waals surface area contributed by atoms with Crippen molar-refractivity contribution in [3.63, 3.8) is 0 Å². The van der Waals surface area contributed by atoms with Crippen LogP contribution < -0.4 is 16.0 Å². The number of nitrogens with two attached hydrogens (primary N) is 1. The van der Waals surface area contributed by atoms with Gasteiger partial charge in [-0.05, 0) is 24.1 Å². The highest BCUT2D eigenvalue weighted by Gasteiger charge is 2.31. The molecule has 1 aromatic carbocycles. The zero-order valence-electron chi connectivity index (χ0n) is 9.50. The van der Waals surface area contributed by atoms with Gasteiger partial charge in [0, 0.05) is 12.5 Å². The predicted octanol–water partition coefficient (Wildman–Crippen LogP) is 2.50. The van der Waals surface area contributed by atoms with Crippen molar-refractivity contribution in [1.82, 2.24) is 5.43 Å². The SMILES string of the molecule is C#CCCC(NN)c1ccc(OC(F)(F)F)cc1. The van der Waals surface area contributed by atoms with E-state index in [1.807, 2.05) is 0 Å². The summed E-state index contributed by atoms with van der Waals surface area (Å²) in [6.07, 6.45) is 1.58. The number of hydrogen-bond acceptors (Lipinski definition) is 3. The predicted molar refractivity (Wildman–Crippen MR) is 61.3 cm³/mol.